The molecule has 0 radical (unpaired) electrons. The van der Waals surface area contributed by atoms with E-state index in [1.54, 1.807) is 11.8 Å². The monoisotopic (exact) mass is 369 g/mol. The summed E-state index contributed by atoms with van der Waals surface area (Å²) in [7, 11) is 0. The van der Waals surface area contributed by atoms with Crippen molar-refractivity contribution in [3.63, 3.8) is 0 Å². The Balaban J connectivity index is 1.76. The quantitative estimate of drug-likeness (QED) is 0.497. The summed E-state index contributed by atoms with van der Waals surface area (Å²) < 4.78 is 2.05. The second kappa shape index (κ2) is 8.13. The van der Waals surface area contributed by atoms with Gasteiger partial charge in [-0.25, -0.2) is 4.98 Å². The molecule has 3 aromatic rings. The number of nitrogen functional groups attached to an aromatic ring is 1. The van der Waals surface area contributed by atoms with Crippen LogP contribution in [0.3, 0.4) is 0 Å². The molecule has 3 rings (SSSR count). The lowest BCUT2D eigenvalue weighted by atomic mass is 10.2. The Hall–Kier alpha value is -2.38. The second-order valence-electron chi connectivity index (χ2n) is 5.30. The average molecular weight is 370 g/mol. The molecule has 7 heteroatoms. The normalized spacial score (nSPS) is 11.2. The Kier molecular flexibility index (Phi) is 5.67. The number of nitrogens with two attached hydrogens (primary N) is 1. The first kappa shape index (κ1) is 17.4. The van der Waals surface area contributed by atoms with Crippen LogP contribution in [0.5, 0.6) is 0 Å². The molecule has 0 spiro atoms. The molecule has 0 saturated heterocycles. The number of aryl methyl sites for hydroxylation is 1. The van der Waals surface area contributed by atoms with Crippen molar-refractivity contribution in [2.75, 3.05) is 11.5 Å². The van der Waals surface area contributed by atoms with E-state index in [-0.39, 0.29) is 0 Å². The number of anilines is 1. The predicted molar refractivity (Wildman–Crippen MR) is 107 cm³/mol. The molecule has 0 aliphatic heterocycles. The van der Waals surface area contributed by atoms with Gasteiger partial charge in [0.05, 0.1) is 10.6 Å². The second-order valence-corrected chi connectivity index (χ2v) is 7.31. The lowest BCUT2D eigenvalue weighted by Crippen LogP contribution is -2.00. The van der Waals surface area contributed by atoms with Gasteiger partial charge in [0.2, 0.25) is 0 Å². The number of thioether (sulfide) groups is 1. The summed E-state index contributed by atoms with van der Waals surface area (Å²) >= 11 is 3.07. The summed E-state index contributed by atoms with van der Waals surface area (Å²) in [5, 5.41) is 10.1. The number of rotatable bonds is 7. The van der Waals surface area contributed by atoms with E-state index in [4.69, 9.17) is 5.73 Å². The molecule has 1 aromatic carbocycles. The molecular weight excluding hydrogens is 350 g/mol. The van der Waals surface area contributed by atoms with Crippen LogP contribution in [-0.4, -0.2) is 25.5 Å². The van der Waals surface area contributed by atoms with Crippen molar-refractivity contribution in [2.45, 2.75) is 18.6 Å². The molecule has 0 atom stereocenters. The summed E-state index contributed by atoms with van der Waals surface area (Å²) in [5.41, 5.74) is 7.88. The highest BCUT2D eigenvalue weighted by Crippen LogP contribution is 2.32. The Morgan fingerprint density at radius 1 is 1.28 bits per heavy atom. The molecule has 0 aliphatic rings. The highest BCUT2D eigenvalue weighted by Gasteiger charge is 2.17. The van der Waals surface area contributed by atoms with Gasteiger partial charge < -0.3 is 5.73 Å². The van der Waals surface area contributed by atoms with E-state index >= 15 is 0 Å². The molecule has 0 bridgehead atoms. The molecule has 0 unspecified atom stereocenters. The first-order valence-electron chi connectivity index (χ1n) is 7.81. The zero-order valence-electron chi connectivity index (χ0n) is 13.9. The van der Waals surface area contributed by atoms with Crippen molar-refractivity contribution in [2.24, 2.45) is 0 Å². The molecule has 0 saturated carbocycles. The van der Waals surface area contributed by atoms with Crippen LogP contribution in [0, 0.1) is 6.92 Å². The summed E-state index contributed by atoms with van der Waals surface area (Å²) in [6, 6.07) is 10.2. The van der Waals surface area contributed by atoms with Crippen LogP contribution in [0.4, 0.5) is 5.13 Å². The van der Waals surface area contributed by atoms with Crippen molar-refractivity contribution in [3.05, 3.63) is 60.3 Å². The first-order chi connectivity index (χ1) is 12.2. The molecule has 2 aromatic heterocycles. The SMILES string of the molecule is C=CCn1c(SCC=Cc2ccccc2)nnc1-c1sc(N)nc1C. The lowest BCUT2D eigenvalue weighted by Gasteiger charge is -2.05. The molecule has 25 heavy (non-hydrogen) atoms. The van der Waals surface area contributed by atoms with Crippen molar-refractivity contribution in [3.8, 4) is 10.7 Å². The molecule has 2 heterocycles. The highest BCUT2D eigenvalue weighted by molar-refractivity contribution is 7.99. The van der Waals surface area contributed by atoms with Gasteiger partial charge in [-0.15, -0.1) is 16.8 Å². The van der Waals surface area contributed by atoms with Gasteiger partial charge >= 0.3 is 0 Å². The molecule has 2 N–H and O–H groups in total. The van der Waals surface area contributed by atoms with Gasteiger partial charge in [0.1, 0.15) is 0 Å². The number of aromatic nitrogens is 4. The average Bonchev–Trinajstić information content (AvgIpc) is 3.15. The lowest BCUT2D eigenvalue weighted by molar-refractivity contribution is 0.732. The summed E-state index contributed by atoms with van der Waals surface area (Å²) in [4.78, 5) is 5.24. The Morgan fingerprint density at radius 2 is 2.08 bits per heavy atom. The van der Waals surface area contributed by atoms with Crippen LogP contribution in [0.15, 0.2) is 54.2 Å². The Labute approximate surface area is 155 Å². The number of nitrogens with zero attached hydrogens (tertiary/aromatic N) is 4. The fourth-order valence-corrected chi connectivity index (χ4v) is 3.94. The standard InChI is InChI=1S/C18H19N5S2/c1-3-11-23-16(15-13(2)20-17(19)25-15)21-22-18(23)24-12-7-10-14-8-5-4-6-9-14/h3-10H,1,11-12H2,2H3,(H2,19,20). The molecule has 0 fully saturated rings. The zero-order valence-corrected chi connectivity index (χ0v) is 15.6. The third-order valence-electron chi connectivity index (χ3n) is 3.46. The van der Waals surface area contributed by atoms with Gasteiger partial charge in [0.25, 0.3) is 0 Å². The maximum absolute atomic E-state index is 5.82. The van der Waals surface area contributed by atoms with Gasteiger partial charge in [-0.05, 0) is 12.5 Å². The Morgan fingerprint density at radius 3 is 2.76 bits per heavy atom. The molecule has 0 aliphatic carbocycles. The third kappa shape index (κ3) is 4.18. The smallest absolute Gasteiger partial charge is 0.192 e. The van der Waals surface area contributed by atoms with Crippen LogP contribution < -0.4 is 5.73 Å². The number of thiazole rings is 1. The van der Waals surface area contributed by atoms with Crippen LogP contribution in [-0.2, 0) is 6.54 Å². The fourth-order valence-electron chi connectivity index (χ4n) is 2.35. The zero-order chi connectivity index (χ0) is 17.6. The van der Waals surface area contributed by atoms with E-state index < -0.39 is 0 Å². The number of hydrogen-bond acceptors (Lipinski definition) is 6. The minimum absolute atomic E-state index is 0.542. The van der Waals surface area contributed by atoms with Crippen molar-refractivity contribution < 1.29 is 0 Å². The van der Waals surface area contributed by atoms with Gasteiger partial charge in [-0.2, -0.15) is 0 Å². The first-order valence-corrected chi connectivity index (χ1v) is 9.61. The van der Waals surface area contributed by atoms with Crippen LogP contribution in [0.25, 0.3) is 16.8 Å². The predicted octanol–water partition coefficient (Wildman–Crippen LogP) is 4.28. The fraction of sp³-hybridized carbons (Fsp3) is 0.167. The van der Waals surface area contributed by atoms with Crippen LogP contribution in [0.1, 0.15) is 11.3 Å². The largest absolute Gasteiger partial charge is 0.375 e. The van der Waals surface area contributed by atoms with E-state index in [9.17, 15) is 0 Å². The van der Waals surface area contributed by atoms with E-state index in [1.807, 2.05) is 35.8 Å². The van der Waals surface area contributed by atoms with Crippen molar-refractivity contribution in [1.29, 1.82) is 0 Å². The van der Waals surface area contributed by atoms with Crippen molar-refractivity contribution >= 4 is 34.3 Å². The number of allylic oxidation sites excluding steroid dienone is 1. The van der Waals surface area contributed by atoms with Gasteiger partial charge in [0, 0.05) is 12.3 Å². The van der Waals surface area contributed by atoms with Crippen LogP contribution >= 0.6 is 23.1 Å². The van der Waals surface area contributed by atoms with E-state index in [2.05, 4.69) is 46.0 Å². The summed E-state index contributed by atoms with van der Waals surface area (Å²) in [5.74, 6) is 1.61. The van der Waals surface area contributed by atoms with E-state index in [1.165, 1.54) is 16.9 Å². The molecule has 128 valence electrons. The Bertz CT molecular complexity index is 880. The maximum atomic E-state index is 5.82. The van der Waals surface area contributed by atoms with Crippen LogP contribution in [0.2, 0.25) is 0 Å². The molecular formula is C18H19N5S2. The number of benzene rings is 1. The summed E-state index contributed by atoms with van der Waals surface area (Å²) in [6.07, 6.45) is 6.08. The van der Waals surface area contributed by atoms with Gasteiger partial charge in [-0.3, -0.25) is 4.57 Å². The minimum atomic E-state index is 0.542. The third-order valence-corrected chi connectivity index (χ3v) is 5.37. The van der Waals surface area contributed by atoms with Gasteiger partial charge in [0.15, 0.2) is 16.1 Å². The minimum Gasteiger partial charge on any atom is -0.375 e. The topological polar surface area (TPSA) is 69.6 Å². The van der Waals surface area contributed by atoms with Gasteiger partial charge in [-0.1, -0.05) is 71.7 Å². The number of hydrogen-bond donors (Lipinski definition) is 1. The maximum Gasteiger partial charge on any atom is 0.192 e. The van der Waals surface area contributed by atoms with E-state index in [0.717, 1.165) is 27.3 Å². The van der Waals surface area contributed by atoms with E-state index in [0.29, 0.717) is 11.7 Å². The molecule has 5 nitrogen and oxygen atoms in total. The summed E-state index contributed by atoms with van der Waals surface area (Å²) in [6.45, 7) is 6.42. The molecule has 0 amide bonds. The highest BCUT2D eigenvalue weighted by atomic mass is 32.2. The van der Waals surface area contributed by atoms with Crippen molar-refractivity contribution in [1.82, 2.24) is 19.7 Å².